The third-order valence-corrected chi connectivity index (χ3v) is 2.65. The van der Waals surface area contributed by atoms with Crippen LogP contribution in [0.15, 0.2) is 24.3 Å². The number of ether oxygens (including phenoxy) is 2. The highest BCUT2D eigenvalue weighted by atomic mass is 16.5. The number of hydrogen-bond acceptors (Lipinski definition) is 4. The summed E-state index contributed by atoms with van der Waals surface area (Å²) in [5.41, 5.74) is 0. The molecule has 1 atom stereocenters. The second-order valence-electron chi connectivity index (χ2n) is 4.46. The minimum absolute atomic E-state index is 0.0176. The van der Waals surface area contributed by atoms with E-state index in [1.807, 2.05) is 24.3 Å². The van der Waals surface area contributed by atoms with Crippen LogP contribution in [0, 0.1) is 0 Å². The van der Waals surface area contributed by atoms with Crippen LogP contribution in [0.1, 0.15) is 26.7 Å². The van der Waals surface area contributed by atoms with Crippen LogP contribution in [-0.2, 0) is 0 Å². The molecule has 0 radical (unpaired) electrons. The van der Waals surface area contributed by atoms with Crippen molar-refractivity contribution in [2.24, 2.45) is 0 Å². The largest absolute Gasteiger partial charge is 0.494 e. The smallest absolute Gasteiger partial charge is 0.119 e. The molecule has 0 saturated heterocycles. The Hall–Kier alpha value is -1.26. The van der Waals surface area contributed by atoms with Crippen LogP contribution in [0.2, 0.25) is 0 Å². The molecule has 0 amide bonds. The Bertz CT molecular complexity index is 327. The van der Waals surface area contributed by atoms with Crippen molar-refractivity contribution < 1.29 is 14.6 Å². The van der Waals surface area contributed by atoms with Gasteiger partial charge in [-0.2, -0.15) is 0 Å². The van der Waals surface area contributed by atoms with E-state index in [0.29, 0.717) is 6.61 Å². The van der Waals surface area contributed by atoms with Crippen molar-refractivity contribution >= 4 is 0 Å². The predicted octanol–water partition coefficient (Wildman–Crippen LogP) is 2.21. The molecule has 0 bridgehead atoms. The number of aliphatic hydroxyl groups is 1. The summed E-state index contributed by atoms with van der Waals surface area (Å²) in [7, 11) is 0. The zero-order valence-corrected chi connectivity index (χ0v) is 11.9. The fraction of sp³-hybridized carbons (Fsp3) is 0.600. The van der Waals surface area contributed by atoms with Gasteiger partial charge in [-0.25, -0.2) is 0 Å². The molecule has 0 fully saturated rings. The zero-order chi connectivity index (χ0) is 13.9. The summed E-state index contributed by atoms with van der Waals surface area (Å²) in [5, 5.41) is 12.4. The molecule has 1 rings (SSSR count). The lowest BCUT2D eigenvalue weighted by atomic mass is 10.3. The highest BCUT2D eigenvalue weighted by Crippen LogP contribution is 2.17. The molecule has 0 saturated carbocycles. The maximum absolute atomic E-state index is 9.21. The molecule has 0 aliphatic rings. The summed E-state index contributed by atoms with van der Waals surface area (Å²) in [6.07, 6.45) is 2.04. The first-order valence-corrected chi connectivity index (χ1v) is 7.00. The van der Waals surface area contributed by atoms with E-state index in [9.17, 15) is 5.11 Å². The molecule has 19 heavy (non-hydrogen) atoms. The van der Waals surface area contributed by atoms with Crippen LogP contribution in [0.5, 0.6) is 11.5 Å². The summed E-state index contributed by atoms with van der Waals surface area (Å²) < 4.78 is 11.1. The van der Waals surface area contributed by atoms with Gasteiger partial charge in [0.2, 0.25) is 0 Å². The van der Waals surface area contributed by atoms with E-state index in [-0.39, 0.29) is 12.6 Å². The van der Waals surface area contributed by atoms with Crippen molar-refractivity contribution in [1.29, 1.82) is 0 Å². The Balaban J connectivity index is 2.35. The normalized spacial score (nSPS) is 12.2. The fourth-order valence-electron chi connectivity index (χ4n) is 1.57. The Morgan fingerprint density at radius 2 is 1.68 bits per heavy atom. The Morgan fingerprint density at radius 1 is 1.05 bits per heavy atom. The van der Waals surface area contributed by atoms with Gasteiger partial charge in [0, 0.05) is 0 Å². The molecular weight excluding hydrogens is 242 g/mol. The second-order valence-corrected chi connectivity index (χ2v) is 4.46. The molecule has 0 aromatic heterocycles. The molecule has 4 heteroatoms. The van der Waals surface area contributed by atoms with Gasteiger partial charge in [-0.15, -0.1) is 0 Å². The second kappa shape index (κ2) is 9.64. The maximum Gasteiger partial charge on any atom is 0.119 e. The van der Waals surface area contributed by atoms with Crippen LogP contribution in [0.25, 0.3) is 0 Å². The molecule has 1 unspecified atom stereocenters. The minimum atomic E-state index is -0.0176. The highest BCUT2D eigenvalue weighted by Gasteiger charge is 2.06. The predicted molar refractivity (Wildman–Crippen MR) is 76.9 cm³/mol. The molecule has 108 valence electrons. The molecule has 0 heterocycles. The highest BCUT2D eigenvalue weighted by molar-refractivity contribution is 5.31. The molecule has 0 aliphatic heterocycles. The third-order valence-electron chi connectivity index (χ3n) is 2.65. The molecular formula is C15H25NO3. The van der Waals surface area contributed by atoms with Gasteiger partial charge in [-0.05, 0) is 43.7 Å². The fourth-order valence-corrected chi connectivity index (χ4v) is 1.57. The monoisotopic (exact) mass is 267 g/mol. The number of aliphatic hydroxyl groups excluding tert-OH is 1. The summed E-state index contributed by atoms with van der Waals surface area (Å²) in [6, 6.07) is 7.56. The van der Waals surface area contributed by atoms with Crippen molar-refractivity contribution in [2.45, 2.75) is 32.7 Å². The first-order valence-electron chi connectivity index (χ1n) is 7.00. The molecule has 1 aromatic carbocycles. The van der Waals surface area contributed by atoms with E-state index >= 15 is 0 Å². The quantitative estimate of drug-likeness (QED) is 0.682. The third kappa shape index (κ3) is 6.45. The average molecular weight is 267 g/mol. The molecule has 0 aliphatic carbocycles. The number of benzene rings is 1. The van der Waals surface area contributed by atoms with Gasteiger partial charge in [0.25, 0.3) is 0 Å². The van der Waals surface area contributed by atoms with E-state index in [1.165, 1.54) is 0 Å². The molecule has 4 nitrogen and oxygen atoms in total. The Kier molecular flexibility index (Phi) is 8.02. The first kappa shape index (κ1) is 15.8. The van der Waals surface area contributed by atoms with Crippen LogP contribution in [0.3, 0.4) is 0 Å². The van der Waals surface area contributed by atoms with Gasteiger partial charge >= 0.3 is 0 Å². The van der Waals surface area contributed by atoms with Gasteiger partial charge in [-0.1, -0.05) is 13.8 Å². The van der Waals surface area contributed by atoms with E-state index in [0.717, 1.165) is 37.5 Å². The number of nitrogens with one attached hydrogen (secondary N) is 1. The molecule has 1 aromatic rings. The lowest BCUT2D eigenvalue weighted by Gasteiger charge is -2.16. The van der Waals surface area contributed by atoms with Crippen molar-refractivity contribution in [2.75, 3.05) is 26.4 Å². The van der Waals surface area contributed by atoms with Crippen molar-refractivity contribution in [3.63, 3.8) is 0 Å². The van der Waals surface area contributed by atoms with Gasteiger partial charge in [-0.3, -0.25) is 0 Å². The van der Waals surface area contributed by atoms with Crippen LogP contribution >= 0.6 is 0 Å². The number of hydrogen-bond donors (Lipinski definition) is 2. The van der Waals surface area contributed by atoms with Gasteiger partial charge < -0.3 is 19.9 Å². The summed E-state index contributed by atoms with van der Waals surface area (Å²) in [6.45, 7) is 6.34. The topological polar surface area (TPSA) is 50.7 Å². The van der Waals surface area contributed by atoms with Crippen LogP contribution in [0.4, 0.5) is 0 Å². The lowest BCUT2D eigenvalue weighted by Crippen LogP contribution is -2.38. The van der Waals surface area contributed by atoms with Crippen molar-refractivity contribution in [3.8, 4) is 11.5 Å². The van der Waals surface area contributed by atoms with Gasteiger partial charge in [0.1, 0.15) is 18.1 Å². The SMILES string of the molecule is CCCNC(CO)COc1ccc(OCCC)cc1. The Labute approximate surface area is 115 Å². The van der Waals surface area contributed by atoms with Crippen LogP contribution < -0.4 is 14.8 Å². The lowest BCUT2D eigenvalue weighted by molar-refractivity contribution is 0.183. The molecule has 2 N–H and O–H groups in total. The van der Waals surface area contributed by atoms with E-state index in [1.54, 1.807) is 0 Å². The van der Waals surface area contributed by atoms with Gasteiger partial charge in [0.05, 0.1) is 19.3 Å². The Morgan fingerprint density at radius 3 is 2.21 bits per heavy atom. The average Bonchev–Trinajstić information content (AvgIpc) is 2.46. The summed E-state index contributed by atoms with van der Waals surface area (Å²) in [4.78, 5) is 0. The zero-order valence-electron chi connectivity index (χ0n) is 11.9. The van der Waals surface area contributed by atoms with E-state index in [4.69, 9.17) is 9.47 Å². The minimum Gasteiger partial charge on any atom is -0.494 e. The van der Waals surface area contributed by atoms with Crippen molar-refractivity contribution in [3.05, 3.63) is 24.3 Å². The maximum atomic E-state index is 9.21. The summed E-state index contributed by atoms with van der Waals surface area (Å²) >= 11 is 0. The molecule has 0 spiro atoms. The van der Waals surface area contributed by atoms with E-state index in [2.05, 4.69) is 19.2 Å². The van der Waals surface area contributed by atoms with Crippen LogP contribution in [-0.4, -0.2) is 37.5 Å². The van der Waals surface area contributed by atoms with Gasteiger partial charge in [0.15, 0.2) is 0 Å². The standard InChI is InChI=1S/C15H25NO3/c1-3-9-16-13(11-17)12-19-15-7-5-14(6-8-15)18-10-4-2/h5-8,13,16-17H,3-4,9-12H2,1-2H3. The number of rotatable bonds is 10. The van der Waals surface area contributed by atoms with E-state index < -0.39 is 0 Å². The first-order chi connectivity index (χ1) is 9.30. The summed E-state index contributed by atoms with van der Waals surface area (Å²) in [5.74, 6) is 1.65. The van der Waals surface area contributed by atoms with Crippen molar-refractivity contribution in [1.82, 2.24) is 5.32 Å².